The lowest BCUT2D eigenvalue weighted by Crippen LogP contribution is -2.61. The largest absolute Gasteiger partial charge is 0.488 e. The summed E-state index contributed by atoms with van der Waals surface area (Å²) in [5.74, 6) is -4.11. The maximum Gasteiger partial charge on any atom is 0.252 e. The van der Waals surface area contributed by atoms with Gasteiger partial charge in [0.15, 0.2) is 17.4 Å². The van der Waals surface area contributed by atoms with E-state index in [0.29, 0.717) is 38.9 Å². The zero-order chi connectivity index (χ0) is 31.7. The minimum Gasteiger partial charge on any atom is -0.488 e. The Labute approximate surface area is 269 Å². The maximum absolute atomic E-state index is 14.5. The normalized spacial score (nSPS) is 19.4. The number of amides is 2. The van der Waals surface area contributed by atoms with Crippen molar-refractivity contribution in [1.82, 2.24) is 15.1 Å². The van der Waals surface area contributed by atoms with Gasteiger partial charge in [-0.15, -0.1) is 0 Å². The van der Waals surface area contributed by atoms with Gasteiger partial charge in [-0.25, -0.2) is 8.78 Å². The Morgan fingerprint density at radius 3 is 2.44 bits per heavy atom. The minimum atomic E-state index is -1.33. The van der Waals surface area contributed by atoms with Gasteiger partial charge in [0.25, 0.3) is 5.91 Å². The van der Waals surface area contributed by atoms with Gasteiger partial charge in [0, 0.05) is 48.7 Å². The molecule has 3 aliphatic rings. The summed E-state index contributed by atoms with van der Waals surface area (Å²) in [4.78, 5) is 30.7. The molecule has 3 aromatic carbocycles. The minimum absolute atomic E-state index is 0.00245. The number of nitrogens with zero attached hydrogens (tertiary/aromatic N) is 2. The predicted octanol–water partition coefficient (Wildman–Crippen LogP) is 6.42. The van der Waals surface area contributed by atoms with E-state index in [0.717, 1.165) is 57.3 Å². The monoisotopic (exact) mass is 681 g/mol. The lowest BCUT2D eigenvalue weighted by molar-refractivity contribution is -0.132. The molecule has 1 saturated carbocycles. The molecule has 2 aliphatic heterocycles. The van der Waals surface area contributed by atoms with Crippen molar-refractivity contribution in [2.45, 2.75) is 63.7 Å². The smallest absolute Gasteiger partial charge is 0.252 e. The first-order valence-electron chi connectivity index (χ1n) is 15.3. The number of hydrogen-bond acceptors (Lipinski definition) is 4. The number of carbonyl (C=O) groups is 2. The molecule has 1 N–H and O–H groups in total. The molecule has 0 aromatic heterocycles. The first-order valence-corrected chi connectivity index (χ1v) is 16.1. The van der Waals surface area contributed by atoms with Gasteiger partial charge < -0.3 is 19.9 Å². The summed E-state index contributed by atoms with van der Waals surface area (Å²) in [5, 5.41) is 3.63. The number of fused-ring (bicyclic) bond motifs is 2. The van der Waals surface area contributed by atoms with E-state index in [4.69, 9.17) is 4.74 Å². The van der Waals surface area contributed by atoms with Gasteiger partial charge in [0.2, 0.25) is 11.7 Å². The van der Waals surface area contributed by atoms with E-state index >= 15 is 0 Å². The number of carbonyl (C=O) groups excluding carboxylic acids is 2. The molecule has 2 fully saturated rings. The highest BCUT2D eigenvalue weighted by molar-refractivity contribution is 9.10. The average Bonchev–Trinajstić information content (AvgIpc) is 3.87. The van der Waals surface area contributed by atoms with Gasteiger partial charge in [-0.3, -0.25) is 9.59 Å². The van der Waals surface area contributed by atoms with Crippen LogP contribution in [0.25, 0.3) is 5.57 Å². The zero-order valence-electron chi connectivity index (χ0n) is 25.0. The Bertz CT molecular complexity index is 1630. The lowest BCUT2D eigenvalue weighted by Gasteiger charge is -2.44. The van der Waals surface area contributed by atoms with Crippen LogP contribution in [0.1, 0.15) is 49.3 Å². The second-order valence-electron chi connectivity index (χ2n) is 12.0. The van der Waals surface area contributed by atoms with E-state index in [-0.39, 0.29) is 36.5 Å². The molecule has 2 atom stereocenters. The molecule has 45 heavy (non-hydrogen) atoms. The van der Waals surface area contributed by atoms with Crippen LogP contribution in [0.4, 0.5) is 13.2 Å². The summed E-state index contributed by atoms with van der Waals surface area (Å²) in [6.45, 7) is 3.13. The highest BCUT2D eigenvalue weighted by Gasteiger charge is 2.43. The Balaban J connectivity index is 1.23. The van der Waals surface area contributed by atoms with Gasteiger partial charge in [0.1, 0.15) is 0 Å². The van der Waals surface area contributed by atoms with Crippen LogP contribution in [0.3, 0.4) is 0 Å². The first kappa shape index (κ1) is 31.4. The van der Waals surface area contributed by atoms with E-state index in [1.54, 1.807) is 6.92 Å². The highest BCUT2D eigenvalue weighted by Crippen LogP contribution is 2.38. The number of piperazine rings is 1. The quantitative estimate of drug-likeness (QED) is 0.198. The Kier molecular flexibility index (Phi) is 9.33. The molecular formula is C35H35BrF3N3O3. The van der Waals surface area contributed by atoms with Gasteiger partial charge in [-0.1, -0.05) is 58.4 Å². The molecule has 0 spiro atoms. The van der Waals surface area contributed by atoms with Crippen LogP contribution in [-0.4, -0.2) is 59.4 Å². The fraction of sp³-hybridized carbons (Fsp3) is 0.371. The van der Waals surface area contributed by atoms with Crippen molar-refractivity contribution in [3.8, 4) is 5.75 Å². The summed E-state index contributed by atoms with van der Waals surface area (Å²) in [5.41, 5.74) is 4.73. The van der Waals surface area contributed by atoms with Crippen LogP contribution < -0.4 is 10.1 Å². The number of halogens is 4. The number of benzene rings is 3. The number of hydrogen-bond donors (Lipinski definition) is 1. The molecule has 6 nitrogen and oxygen atoms in total. The summed E-state index contributed by atoms with van der Waals surface area (Å²) >= 11 is 3.64. The van der Waals surface area contributed by atoms with Crippen LogP contribution in [0.5, 0.6) is 5.75 Å². The summed E-state index contributed by atoms with van der Waals surface area (Å²) in [7, 11) is 0. The molecule has 2 heterocycles. The van der Waals surface area contributed by atoms with Crippen molar-refractivity contribution >= 4 is 33.3 Å². The third kappa shape index (κ3) is 6.97. The van der Waals surface area contributed by atoms with Gasteiger partial charge in [0.05, 0.1) is 12.6 Å². The summed E-state index contributed by atoms with van der Waals surface area (Å²) in [6, 6.07) is 17.5. The second kappa shape index (κ2) is 13.4. The molecule has 2 bridgehead atoms. The zero-order valence-corrected chi connectivity index (χ0v) is 26.6. The predicted molar refractivity (Wildman–Crippen MR) is 169 cm³/mol. The van der Waals surface area contributed by atoms with Gasteiger partial charge in [-0.2, -0.15) is 4.39 Å². The van der Waals surface area contributed by atoms with Gasteiger partial charge in [-0.05, 0) is 72.6 Å². The fourth-order valence-corrected chi connectivity index (χ4v) is 6.72. The topological polar surface area (TPSA) is 61.9 Å². The molecule has 6 rings (SSSR count). The molecule has 2 amide bonds. The van der Waals surface area contributed by atoms with Crippen molar-refractivity contribution < 1.29 is 27.5 Å². The van der Waals surface area contributed by atoms with Crippen molar-refractivity contribution in [3.05, 3.63) is 105 Å². The van der Waals surface area contributed by atoms with E-state index in [9.17, 15) is 22.8 Å². The van der Waals surface area contributed by atoms with E-state index in [1.165, 1.54) is 0 Å². The third-order valence-corrected chi connectivity index (χ3v) is 9.56. The molecule has 2 unspecified atom stereocenters. The Morgan fingerprint density at radius 2 is 1.73 bits per heavy atom. The molecule has 1 aliphatic carbocycles. The van der Waals surface area contributed by atoms with Crippen LogP contribution in [0, 0.1) is 17.5 Å². The molecule has 3 aromatic rings. The van der Waals surface area contributed by atoms with Crippen molar-refractivity contribution in [1.29, 1.82) is 0 Å². The maximum atomic E-state index is 14.5. The summed E-state index contributed by atoms with van der Waals surface area (Å²) in [6.07, 6.45) is 3.62. The Morgan fingerprint density at radius 1 is 1.00 bits per heavy atom. The molecule has 236 valence electrons. The van der Waals surface area contributed by atoms with Crippen LogP contribution in [0.2, 0.25) is 0 Å². The SMILES string of the molecule is CC(=O)N1CC2CC(c3ccc(CCCOc4c(F)ccc(F)c4F)cc3)=C(C(=O)N(Cc3ccccc3Br)C3CC3)C(C1)N2. The fourth-order valence-electron chi connectivity index (χ4n) is 6.31. The third-order valence-electron chi connectivity index (χ3n) is 8.79. The standard InChI is InChI=1S/C35H35BrF3N3O3/c1-21(43)41-19-25-17-27(23-10-8-22(9-11-23)5-4-16-45-34-30(38)15-14-29(37)33(34)39)32(31(20-41)40-25)35(44)42(26-12-13-26)18-24-6-2-3-7-28(24)36/h2-3,6-11,14-15,25-26,31,40H,4-5,12-13,16-20H2,1H3. The highest BCUT2D eigenvalue weighted by atomic mass is 79.9. The number of rotatable bonds is 10. The first-order chi connectivity index (χ1) is 21.7. The van der Waals surface area contributed by atoms with E-state index < -0.39 is 23.2 Å². The van der Waals surface area contributed by atoms with Gasteiger partial charge >= 0.3 is 0 Å². The average molecular weight is 683 g/mol. The number of ether oxygens (including phenoxy) is 1. The molecular weight excluding hydrogens is 647 g/mol. The van der Waals surface area contributed by atoms with Crippen molar-refractivity contribution in [2.24, 2.45) is 0 Å². The Hall–Kier alpha value is -3.63. The van der Waals surface area contributed by atoms with Crippen molar-refractivity contribution in [3.63, 3.8) is 0 Å². The molecule has 1 saturated heterocycles. The summed E-state index contributed by atoms with van der Waals surface area (Å²) < 4.78 is 47.4. The van der Waals surface area contributed by atoms with Crippen LogP contribution in [-0.2, 0) is 22.6 Å². The van der Waals surface area contributed by atoms with E-state index in [1.807, 2.05) is 58.3 Å². The molecule has 0 radical (unpaired) electrons. The van der Waals surface area contributed by atoms with E-state index in [2.05, 4.69) is 21.2 Å². The lowest BCUT2D eigenvalue weighted by atomic mass is 9.82. The second-order valence-corrected chi connectivity index (χ2v) is 12.9. The number of nitrogens with one attached hydrogen (secondary N) is 1. The van der Waals surface area contributed by atoms with Crippen LogP contribution in [0.15, 0.2) is 70.7 Å². The van der Waals surface area contributed by atoms with Crippen molar-refractivity contribution in [2.75, 3.05) is 19.7 Å². The number of aryl methyl sites for hydroxylation is 1. The van der Waals surface area contributed by atoms with Crippen LogP contribution >= 0.6 is 15.9 Å². The molecule has 10 heteroatoms.